The Bertz CT molecular complexity index is 725. The summed E-state index contributed by atoms with van der Waals surface area (Å²) in [4.78, 5) is 20.8. The van der Waals surface area contributed by atoms with E-state index in [2.05, 4.69) is 47.1 Å². The molecule has 1 aromatic carbocycles. The number of hydrogen-bond donors (Lipinski definition) is 0. The summed E-state index contributed by atoms with van der Waals surface area (Å²) in [6, 6.07) is 11.2. The highest BCUT2D eigenvalue weighted by molar-refractivity contribution is 7.11. The fraction of sp³-hybridized carbons (Fsp3) is 0.545. The van der Waals surface area contributed by atoms with Gasteiger partial charge in [-0.25, -0.2) is 4.98 Å². The molecule has 0 bridgehead atoms. The van der Waals surface area contributed by atoms with Crippen molar-refractivity contribution in [1.29, 1.82) is 0 Å². The highest BCUT2D eigenvalue weighted by Gasteiger charge is 2.32. The molecule has 1 fully saturated rings. The Morgan fingerprint density at radius 3 is 2.69 bits per heavy atom. The van der Waals surface area contributed by atoms with Crippen molar-refractivity contribution >= 4 is 17.2 Å². The lowest BCUT2D eigenvalue weighted by molar-refractivity contribution is -0.134. The van der Waals surface area contributed by atoms with Gasteiger partial charge in [0.25, 0.3) is 0 Å². The molecule has 26 heavy (non-hydrogen) atoms. The second kappa shape index (κ2) is 8.81. The Kier molecular flexibility index (Phi) is 6.47. The highest BCUT2D eigenvalue weighted by atomic mass is 32.1. The summed E-state index contributed by atoms with van der Waals surface area (Å²) in [7, 11) is 0. The monoisotopic (exact) mass is 370 g/mol. The zero-order valence-electron chi connectivity index (χ0n) is 16.2. The van der Waals surface area contributed by atoms with Gasteiger partial charge in [-0.15, -0.1) is 11.3 Å². The van der Waals surface area contributed by atoms with Crippen LogP contribution in [0.1, 0.15) is 66.1 Å². The number of aromatic nitrogens is 1. The maximum absolute atomic E-state index is 13.1. The Hall–Kier alpha value is -1.68. The number of thiazole rings is 1. The van der Waals surface area contributed by atoms with Crippen molar-refractivity contribution in [3.05, 3.63) is 51.5 Å². The van der Waals surface area contributed by atoms with Crippen molar-refractivity contribution in [1.82, 2.24) is 9.88 Å². The average molecular weight is 371 g/mol. The van der Waals surface area contributed by atoms with Crippen molar-refractivity contribution in [2.45, 2.75) is 71.3 Å². The molecular formula is C22H30N2OS. The van der Waals surface area contributed by atoms with Gasteiger partial charge >= 0.3 is 0 Å². The van der Waals surface area contributed by atoms with Crippen LogP contribution in [0.3, 0.4) is 0 Å². The average Bonchev–Trinajstić information content (AvgIpc) is 2.97. The fourth-order valence-electron chi connectivity index (χ4n) is 4.10. The van der Waals surface area contributed by atoms with Crippen LogP contribution in [0.5, 0.6) is 0 Å². The van der Waals surface area contributed by atoms with Crippen molar-refractivity contribution in [3.63, 3.8) is 0 Å². The van der Waals surface area contributed by atoms with E-state index in [1.54, 1.807) is 11.3 Å². The molecule has 1 saturated heterocycles. The molecule has 0 radical (unpaired) electrons. The fourth-order valence-corrected chi connectivity index (χ4v) is 5.03. The summed E-state index contributed by atoms with van der Waals surface area (Å²) < 4.78 is 0. The van der Waals surface area contributed by atoms with Gasteiger partial charge in [-0.1, -0.05) is 50.1 Å². The molecule has 4 heteroatoms. The van der Waals surface area contributed by atoms with Gasteiger partial charge in [0.1, 0.15) is 0 Å². The SMILES string of the molecule is CCCCC1CC(c2ccccc2)CCN1C(=O)Cc1sc(C)nc1C. The maximum atomic E-state index is 13.1. The van der Waals surface area contributed by atoms with Gasteiger partial charge in [-0.05, 0) is 44.6 Å². The predicted molar refractivity (Wildman–Crippen MR) is 109 cm³/mol. The van der Waals surface area contributed by atoms with E-state index >= 15 is 0 Å². The van der Waals surface area contributed by atoms with E-state index in [0.717, 1.165) is 41.4 Å². The van der Waals surface area contributed by atoms with E-state index in [1.807, 2.05) is 13.8 Å². The Balaban J connectivity index is 1.71. The number of carbonyl (C=O) groups is 1. The van der Waals surface area contributed by atoms with Crippen LogP contribution in [0.15, 0.2) is 30.3 Å². The molecule has 0 aliphatic carbocycles. The molecule has 3 rings (SSSR count). The molecule has 1 amide bonds. The topological polar surface area (TPSA) is 33.2 Å². The molecular weight excluding hydrogens is 340 g/mol. The number of unbranched alkanes of at least 4 members (excludes halogenated alkanes) is 1. The van der Waals surface area contributed by atoms with Crippen LogP contribution in [0.25, 0.3) is 0 Å². The molecule has 1 aliphatic heterocycles. The van der Waals surface area contributed by atoms with Gasteiger partial charge < -0.3 is 4.90 Å². The summed E-state index contributed by atoms with van der Waals surface area (Å²) in [5.74, 6) is 0.860. The van der Waals surface area contributed by atoms with E-state index in [9.17, 15) is 4.79 Å². The third-order valence-electron chi connectivity index (χ3n) is 5.51. The first kappa shape index (κ1) is 19.1. The molecule has 2 aromatic rings. The highest BCUT2D eigenvalue weighted by Crippen LogP contribution is 2.34. The largest absolute Gasteiger partial charge is 0.339 e. The molecule has 2 atom stereocenters. The van der Waals surface area contributed by atoms with Crippen LogP contribution in [0.4, 0.5) is 0 Å². The molecule has 3 nitrogen and oxygen atoms in total. The summed E-state index contributed by atoms with van der Waals surface area (Å²) in [6.07, 6.45) is 6.16. The molecule has 1 aliphatic rings. The second-order valence-electron chi connectivity index (χ2n) is 7.43. The normalized spacial score (nSPS) is 20.3. The van der Waals surface area contributed by atoms with Crippen LogP contribution < -0.4 is 0 Å². The molecule has 2 unspecified atom stereocenters. The summed E-state index contributed by atoms with van der Waals surface area (Å²) in [5.41, 5.74) is 2.44. The van der Waals surface area contributed by atoms with E-state index in [1.165, 1.54) is 18.4 Å². The van der Waals surface area contributed by atoms with Crippen LogP contribution in [-0.4, -0.2) is 28.4 Å². The van der Waals surface area contributed by atoms with Gasteiger partial charge in [0.15, 0.2) is 0 Å². The van der Waals surface area contributed by atoms with Crippen LogP contribution in [0.2, 0.25) is 0 Å². The number of likely N-dealkylation sites (tertiary alicyclic amines) is 1. The van der Waals surface area contributed by atoms with Gasteiger partial charge in [-0.3, -0.25) is 4.79 Å². The van der Waals surface area contributed by atoms with Crippen LogP contribution in [0, 0.1) is 13.8 Å². The minimum Gasteiger partial charge on any atom is -0.339 e. The first-order valence-electron chi connectivity index (χ1n) is 9.85. The molecule has 0 N–H and O–H groups in total. The Labute approximate surface area is 161 Å². The lowest BCUT2D eigenvalue weighted by Crippen LogP contribution is -2.46. The van der Waals surface area contributed by atoms with Gasteiger partial charge in [0.2, 0.25) is 5.91 Å². The van der Waals surface area contributed by atoms with Crippen molar-refractivity contribution < 1.29 is 4.79 Å². The third kappa shape index (κ3) is 4.53. The van der Waals surface area contributed by atoms with E-state index < -0.39 is 0 Å². The third-order valence-corrected chi connectivity index (χ3v) is 6.58. The number of benzene rings is 1. The Morgan fingerprint density at radius 1 is 1.27 bits per heavy atom. The summed E-state index contributed by atoms with van der Waals surface area (Å²) in [5, 5.41) is 1.05. The van der Waals surface area contributed by atoms with Crippen molar-refractivity contribution in [3.8, 4) is 0 Å². The predicted octanol–water partition coefficient (Wildman–Crippen LogP) is 5.27. The zero-order chi connectivity index (χ0) is 18.5. The van der Waals surface area contributed by atoms with Gasteiger partial charge in [0.05, 0.1) is 17.1 Å². The smallest absolute Gasteiger partial charge is 0.228 e. The van der Waals surface area contributed by atoms with E-state index in [4.69, 9.17) is 0 Å². The lowest BCUT2D eigenvalue weighted by Gasteiger charge is -2.40. The number of nitrogens with zero attached hydrogens (tertiary/aromatic N) is 2. The maximum Gasteiger partial charge on any atom is 0.228 e. The first-order valence-corrected chi connectivity index (χ1v) is 10.7. The molecule has 1 aromatic heterocycles. The molecule has 2 heterocycles. The Morgan fingerprint density at radius 2 is 2.04 bits per heavy atom. The minimum absolute atomic E-state index is 0.282. The van der Waals surface area contributed by atoms with Gasteiger partial charge in [-0.2, -0.15) is 0 Å². The number of rotatable bonds is 6. The molecule has 0 saturated carbocycles. The molecule has 140 valence electrons. The summed E-state index contributed by atoms with van der Waals surface area (Å²) in [6.45, 7) is 7.14. The standard InChI is InChI=1S/C22H30N2OS/c1-4-5-11-20-14-19(18-9-7-6-8-10-18)12-13-24(20)22(25)15-21-16(2)23-17(3)26-21/h6-10,19-20H,4-5,11-15H2,1-3H3. The quantitative estimate of drug-likeness (QED) is 0.694. The summed E-state index contributed by atoms with van der Waals surface area (Å²) >= 11 is 1.66. The first-order chi connectivity index (χ1) is 12.6. The molecule has 0 spiro atoms. The minimum atomic E-state index is 0.282. The van der Waals surface area contributed by atoms with Crippen molar-refractivity contribution in [2.75, 3.05) is 6.54 Å². The number of carbonyl (C=O) groups excluding carboxylic acids is 1. The second-order valence-corrected chi connectivity index (χ2v) is 8.72. The van der Waals surface area contributed by atoms with E-state index in [-0.39, 0.29) is 5.91 Å². The number of hydrogen-bond acceptors (Lipinski definition) is 3. The van der Waals surface area contributed by atoms with Crippen LogP contribution in [-0.2, 0) is 11.2 Å². The van der Waals surface area contributed by atoms with Crippen LogP contribution >= 0.6 is 11.3 Å². The van der Waals surface area contributed by atoms with Gasteiger partial charge in [0, 0.05) is 17.5 Å². The van der Waals surface area contributed by atoms with Crippen molar-refractivity contribution in [2.24, 2.45) is 0 Å². The van der Waals surface area contributed by atoms with E-state index in [0.29, 0.717) is 18.4 Å². The number of amides is 1. The number of aryl methyl sites for hydroxylation is 2. The zero-order valence-corrected chi connectivity index (χ0v) is 17.0. The number of piperidine rings is 1. The lowest BCUT2D eigenvalue weighted by atomic mass is 9.83.